The molecule has 0 saturated carbocycles. The van der Waals surface area contributed by atoms with Gasteiger partial charge in [0.1, 0.15) is 12.2 Å². The van der Waals surface area contributed by atoms with Gasteiger partial charge >= 0.3 is 0 Å². The number of thioether (sulfide) groups is 1. The van der Waals surface area contributed by atoms with E-state index in [9.17, 15) is 10.2 Å². The number of methoxy groups -OCH3 is 1. The molecule has 4 nitrogen and oxygen atoms in total. The molecular formula is C7H14O4S. The summed E-state index contributed by atoms with van der Waals surface area (Å²) in [5.41, 5.74) is 0. The maximum atomic E-state index is 9.42. The first kappa shape index (κ1) is 10.3. The number of rotatable bonds is 3. The van der Waals surface area contributed by atoms with Crippen LogP contribution in [0, 0.1) is 0 Å². The fourth-order valence-corrected chi connectivity index (χ4v) is 1.82. The van der Waals surface area contributed by atoms with Gasteiger partial charge in [-0.15, -0.1) is 0 Å². The van der Waals surface area contributed by atoms with Crippen LogP contribution in [0.4, 0.5) is 0 Å². The van der Waals surface area contributed by atoms with E-state index in [1.165, 1.54) is 7.11 Å². The van der Waals surface area contributed by atoms with Crippen molar-refractivity contribution in [3.8, 4) is 0 Å². The van der Waals surface area contributed by atoms with E-state index in [1.807, 2.05) is 6.26 Å². The van der Waals surface area contributed by atoms with Crippen LogP contribution < -0.4 is 0 Å². The molecule has 4 atom stereocenters. The third kappa shape index (κ3) is 1.92. The van der Waals surface area contributed by atoms with Gasteiger partial charge in [0.25, 0.3) is 0 Å². The molecule has 0 aromatic heterocycles. The molecular weight excluding hydrogens is 180 g/mol. The SMILES string of the molecule is COC1O[C@H](CSC)[C@@H](O)[C@H]1O. The maximum Gasteiger partial charge on any atom is 0.186 e. The van der Waals surface area contributed by atoms with E-state index >= 15 is 0 Å². The summed E-state index contributed by atoms with van der Waals surface area (Å²) in [5.74, 6) is 0.665. The molecule has 12 heavy (non-hydrogen) atoms. The van der Waals surface area contributed by atoms with Crippen LogP contribution in [0.15, 0.2) is 0 Å². The largest absolute Gasteiger partial charge is 0.387 e. The normalized spacial score (nSPS) is 42.0. The Kier molecular flexibility index (Phi) is 3.79. The molecule has 0 aromatic carbocycles. The smallest absolute Gasteiger partial charge is 0.186 e. The average molecular weight is 194 g/mol. The van der Waals surface area contributed by atoms with Crippen molar-refractivity contribution < 1.29 is 19.7 Å². The summed E-state index contributed by atoms with van der Waals surface area (Å²) in [6.45, 7) is 0. The summed E-state index contributed by atoms with van der Waals surface area (Å²) in [4.78, 5) is 0. The lowest BCUT2D eigenvalue weighted by Gasteiger charge is -2.11. The molecule has 1 rings (SSSR count). The lowest BCUT2D eigenvalue weighted by molar-refractivity contribution is -0.145. The van der Waals surface area contributed by atoms with Crippen molar-refractivity contribution in [2.75, 3.05) is 19.1 Å². The number of aliphatic hydroxyl groups is 2. The van der Waals surface area contributed by atoms with Crippen LogP contribution in [0.3, 0.4) is 0 Å². The number of ether oxygens (including phenoxy) is 2. The minimum Gasteiger partial charge on any atom is -0.387 e. The van der Waals surface area contributed by atoms with Gasteiger partial charge in [0, 0.05) is 12.9 Å². The summed E-state index contributed by atoms with van der Waals surface area (Å²) < 4.78 is 10.1. The van der Waals surface area contributed by atoms with Crippen LogP contribution in [-0.2, 0) is 9.47 Å². The minimum atomic E-state index is -0.924. The summed E-state index contributed by atoms with van der Waals surface area (Å²) in [5, 5.41) is 18.8. The first-order valence-electron chi connectivity index (χ1n) is 3.74. The Balaban J connectivity index is 2.48. The summed E-state index contributed by atoms with van der Waals surface area (Å²) in [6.07, 6.45) is -0.838. The van der Waals surface area contributed by atoms with Crippen molar-refractivity contribution in [2.24, 2.45) is 0 Å². The first-order valence-corrected chi connectivity index (χ1v) is 5.13. The molecule has 1 heterocycles. The second-order valence-electron chi connectivity index (χ2n) is 2.72. The molecule has 1 saturated heterocycles. The number of hydrogen-bond acceptors (Lipinski definition) is 5. The van der Waals surface area contributed by atoms with Gasteiger partial charge in [-0.2, -0.15) is 11.8 Å². The highest BCUT2D eigenvalue weighted by Crippen LogP contribution is 2.23. The van der Waals surface area contributed by atoms with Crippen LogP contribution >= 0.6 is 11.8 Å². The zero-order valence-electron chi connectivity index (χ0n) is 7.14. The van der Waals surface area contributed by atoms with Crippen LogP contribution in [-0.4, -0.2) is 53.9 Å². The predicted octanol–water partition coefficient (Wildman–Crippen LogP) is -0.557. The Bertz CT molecular complexity index is 143. The molecule has 2 N–H and O–H groups in total. The van der Waals surface area contributed by atoms with Gasteiger partial charge in [-0.1, -0.05) is 0 Å². The van der Waals surface area contributed by atoms with Crippen LogP contribution in [0.25, 0.3) is 0 Å². The van der Waals surface area contributed by atoms with Crippen LogP contribution in [0.5, 0.6) is 0 Å². The van der Waals surface area contributed by atoms with E-state index in [-0.39, 0.29) is 6.10 Å². The van der Waals surface area contributed by atoms with E-state index in [1.54, 1.807) is 11.8 Å². The van der Waals surface area contributed by atoms with Crippen molar-refractivity contribution in [3.63, 3.8) is 0 Å². The average Bonchev–Trinajstić information content (AvgIpc) is 2.33. The van der Waals surface area contributed by atoms with Crippen molar-refractivity contribution >= 4 is 11.8 Å². The number of aliphatic hydroxyl groups excluding tert-OH is 2. The lowest BCUT2D eigenvalue weighted by atomic mass is 10.2. The summed E-state index contributed by atoms with van der Waals surface area (Å²) in [7, 11) is 1.45. The van der Waals surface area contributed by atoms with Crippen molar-refractivity contribution in [3.05, 3.63) is 0 Å². The highest BCUT2D eigenvalue weighted by molar-refractivity contribution is 7.98. The lowest BCUT2D eigenvalue weighted by Crippen LogP contribution is -2.33. The van der Waals surface area contributed by atoms with Gasteiger partial charge in [-0.25, -0.2) is 0 Å². The zero-order chi connectivity index (χ0) is 9.14. The Labute approximate surface area is 75.9 Å². The Morgan fingerprint density at radius 2 is 2.08 bits per heavy atom. The third-order valence-corrected chi connectivity index (χ3v) is 2.54. The van der Waals surface area contributed by atoms with E-state index in [4.69, 9.17) is 9.47 Å². The van der Waals surface area contributed by atoms with Gasteiger partial charge in [-0.05, 0) is 6.26 Å². The highest BCUT2D eigenvalue weighted by atomic mass is 32.2. The molecule has 0 radical (unpaired) electrons. The molecule has 1 aliphatic heterocycles. The third-order valence-electron chi connectivity index (χ3n) is 1.88. The molecule has 1 aliphatic rings. The molecule has 5 heteroatoms. The molecule has 1 fully saturated rings. The Morgan fingerprint density at radius 3 is 2.50 bits per heavy atom. The Hall–Kier alpha value is 0.190. The monoisotopic (exact) mass is 194 g/mol. The highest BCUT2D eigenvalue weighted by Gasteiger charge is 2.42. The molecule has 0 spiro atoms. The van der Waals surface area contributed by atoms with Gasteiger partial charge in [-0.3, -0.25) is 0 Å². The van der Waals surface area contributed by atoms with Crippen molar-refractivity contribution in [1.82, 2.24) is 0 Å². The van der Waals surface area contributed by atoms with Gasteiger partial charge in [0.15, 0.2) is 6.29 Å². The molecule has 72 valence electrons. The van der Waals surface area contributed by atoms with Gasteiger partial charge in [0.05, 0.1) is 6.10 Å². The van der Waals surface area contributed by atoms with Crippen molar-refractivity contribution in [1.29, 1.82) is 0 Å². The maximum absolute atomic E-state index is 9.42. The fraction of sp³-hybridized carbons (Fsp3) is 1.00. The first-order chi connectivity index (χ1) is 5.70. The van der Waals surface area contributed by atoms with Crippen LogP contribution in [0.1, 0.15) is 0 Å². The minimum absolute atomic E-state index is 0.319. The Morgan fingerprint density at radius 1 is 1.42 bits per heavy atom. The van der Waals surface area contributed by atoms with E-state index in [0.29, 0.717) is 5.75 Å². The molecule has 0 aliphatic carbocycles. The summed E-state index contributed by atoms with van der Waals surface area (Å²) >= 11 is 1.57. The zero-order valence-corrected chi connectivity index (χ0v) is 7.95. The topological polar surface area (TPSA) is 58.9 Å². The fourth-order valence-electron chi connectivity index (χ4n) is 1.21. The van der Waals surface area contributed by atoms with Gasteiger partial charge in [0.2, 0.25) is 0 Å². The molecule has 1 unspecified atom stereocenters. The van der Waals surface area contributed by atoms with Crippen LogP contribution in [0.2, 0.25) is 0 Å². The summed E-state index contributed by atoms with van der Waals surface area (Å²) in [6, 6.07) is 0. The molecule has 0 bridgehead atoms. The standard InChI is InChI=1S/C7H14O4S/c1-10-7-6(9)5(8)4(11-7)3-12-2/h4-9H,3H2,1-2H3/t4-,5-,6-,7?/m1/s1. The predicted molar refractivity (Wildman–Crippen MR) is 46.1 cm³/mol. The van der Waals surface area contributed by atoms with Crippen molar-refractivity contribution in [2.45, 2.75) is 24.6 Å². The second kappa shape index (κ2) is 4.43. The van der Waals surface area contributed by atoms with Gasteiger partial charge < -0.3 is 19.7 Å². The van der Waals surface area contributed by atoms with E-state index in [0.717, 1.165) is 0 Å². The second-order valence-corrected chi connectivity index (χ2v) is 3.63. The van der Waals surface area contributed by atoms with E-state index < -0.39 is 18.5 Å². The number of hydrogen-bond donors (Lipinski definition) is 2. The van der Waals surface area contributed by atoms with E-state index in [2.05, 4.69) is 0 Å². The quantitative estimate of drug-likeness (QED) is 0.631. The molecule has 0 aromatic rings. The molecule has 0 amide bonds.